The van der Waals surface area contributed by atoms with Crippen LogP contribution in [0.5, 0.6) is 0 Å². The van der Waals surface area contributed by atoms with Crippen molar-refractivity contribution in [3.63, 3.8) is 0 Å². The summed E-state index contributed by atoms with van der Waals surface area (Å²) in [7, 11) is 1.40. The molecule has 4 nitrogen and oxygen atoms in total. The number of ether oxygens (including phenoxy) is 2. The first-order valence-corrected chi connectivity index (χ1v) is 7.26. The molecule has 1 aliphatic heterocycles. The smallest absolute Gasteiger partial charge is 0.338 e. The van der Waals surface area contributed by atoms with Crippen LogP contribution in [0.3, 0.4) is 0 Å². The molecule has 1 aliphatic rings. The number of benzene rings is 1. The summed E-state index contributed by atoms with van der Waals surface area (Å²) in [5.41, 5.74) is 1.48. The van der Waals surface area contributed by atoms with Crippen molar-refractivity contribution in [1.29, 1.82) is 0 Å². The molecule has 1 aromatic carbocycles. The Kier molecular flexibility index (Phi) is 8.35. The van der Waals surface area contributed by atoms with Gasteiger partial charge in [-0.15, -0.1) is 12.4 Å². The van der Waals surface area contributed by atoms with E-state index >= 15 is 0 Å². The van der Waals surface area contributed by atoms with Crippen molar-refractivity contribution in [2.24, 2.45) is 5.92 Å². The van der Waals surface area contributed by atoms with Crippen molar-refractivity contribution >= 4 is 18.4 Å². The van der Waals surface area contributed by atoms with E-state index in [-0.39, 0.29) is 18.4 Å². The molecule has 1 aromatic rings. The molecular weight excluding hydrogens is 290 g/mol. The third-order valence-corrected chi connectivity index (χ3v) is 3.75. The van der Waals surface area contributed by atoms with E-state index in [1.807, 2.05) is 18.2 Å². The zero-order chi connectivity index (χ0) is 14.2. The van der Waals surface area contributed by atoms with E-state index in [9.17, 15) is 4.79 Å². The first-order valence-electron chi connectivity index (χ1n) is 7.26. The van der Waals surface area contributed by atoms with Gasteiger partial charge in [0.2, 0.25) is 0 Å². The number of nitrogens with one attached hydrogen (secondary N) is 1. The third kappa shape index (κ3) is 5.65. The Labute approximate surface area is 132 Å². The lowest BCUT2D eigenvalue weighted by Gasteiger charge is -2.22. The van der Waals surface area contributed by atoms with Gasteiger partial charge in [0.25, 0.3) is 0 Å². The van der Waals surface area contributed by atoms with Gasteiger partial charge < -0.3 is 14.8 Å². The maximum atomic E-state index is 11.6. The summed E-state index contributed by atoms with van der Waals surface area (Å²) in [4.78, 5) is 11.6. The van der Waals surface area contributed by atoms with E-state index in [1.54, 1.807) is 6.07 Å². The second-order valence-electron chi connectivity index (χ2n) is 5.20. The number of methoxy groups -OCH3 is 1. The maximum Gasteiger partial charge on any atom is 0.338 e. The van der Waals surface area contributed by atoms with Crippen LogP contribution in [0.15, 0.2) is 24.3 Å². The van der Waals surface area contributed by atoms with E-state index in [4.69, 9.17) is 9.47 Å². The van der Waals surface area contributed by atoms with Crippen LogP contribution in [0, 0.1) is 5.92 Å². The number of rotatable bonds is 6. The van der Waals surface area contributed by atoms with Crippen LogP contribution < -0.4 is 5.32 Å². The van der Waals surface area contributed by atoms with Gasteiger partial charge in [0.15, 0.2) is 0 Å². The van der Waals surface area contributed by atoms with E-state index in [0.717, 1.165) is 37.6 Å². The summed E-state index contributed by atoms with van der Waals surface area (Å²) in [6, 6.07) is 7.43. The predicted molar refractivity (Wildman–Crippen MR) is 84.9 cm³/mol. The highest BCUT2D eigenvalue weighted by atomic mass is 35.5. The molecule has 2 rings (SSSR count). The molecule has 0 aromatic heterocycles. The zero-order valence-corrected chi connectivity index (χ0v) is 13.3. The summed E-state index contributed by atoms with van der Waals surface area (Å²) in [5.74, 6) is 0.417. The van der Waals surface area contributed by atoms with Crippen LogP contribution in [0.25, 0.3) is 0 Å². The maximum absolute atomic E-state index is 11.6. The molecule has 0 spiro atoms. The van der Waals surface area contributed by atoms with E-state index in [0.29, 0.717) is 12.2 Å². The van der Waals surface area contributed by atoms with Gasteiger partial charge >= 0.3 is 5.97 Å². The van der Waals surface area contributed by atoms with Crippen molar-refractivity contribution in [3.05, 3.63) is 35.4 Å². The van der Waals surface area contributed by atoms with Crippen molar-refractivity contribution in [2.75, 3.05) is 26.8 Å². The molecule has 0 aliphatic carbocycles. The molecule has 0 saturated carbocycles. The molecule has 1 atom stereocenters. The quantitative estimate of drug-likeness (QED) is 0.648. The number of hydrogen-bond donors (Lipinski definition) is 1. The first kappa shape index (κ1) is 18.0. The van der Waals surface area contributed by atoms with Crippen LogP contribution in [-0.2, 0) is 16.1 Å². The van der Waals surface area contributed by atoms with Gasteiger partial charge in [0.05, 0.1) is 19.3 Å². The summed E-state index contributed by atoms with van der Waals surface area (Å²) < 4.78 is 10.5. The van der Waals surface area contributed by atoms with Crippen molar-refractivity contribution in [3.8, 4) is 0 Å². The van der Waals surface area contributed by atoms with Crippen LogP contribution in [0.2, 0.25) is 0 Å². The fourth-order valence-corrected chi connectivity index (χ4v) is 2.56. The highest BCUT2D eigenvalue weighted by molar-refractivity contribution is 5.90. The summed E-state index contributed by atoms with van der Waals surface area (Å²) >= 11 is 0. The van der Waals surface area contributed by atoms with E-state index in [2.05, 4.69) is 5.32 Å². The van der Waals surface area contributed by atoms with Gasteiger partial charge in [0.1, 0.15) is 0 Å². The Hall–Kier alpha value is -1.10. The summed E-state index contributed by atoms with van der Waals surface area (Å²) in [5, 5.41) is 3.41. The van der Waals surface area contributed by atoms with Crippen LogP contribution in [-0.4, -0.2) is 32.8 Å². The first-order chi connectivity index (χ1) is 9.81. The zero-order valence-electron chi connectivity index (χ0n) is 12.5. The number of hydrogen-bond acceptors (Lipinski definition) is 4. The normalized spacial score (nSPS) is 17.9. The lowest BCUT2D eigenvalue weighted by molar-refractivity contribution is 0.0590. The minimum absolute atomic E-state index is 0. The lowest BCUT2D eigenvalue weighted by Crippen LogP contribution is -2.30. The van der Waals surface area contributed by atoms with Gasteiger partial charge in [-0.25, -0.2) is 4.79 Å². The van der Waals surface area contributed by atoms with Crippen LogP contribution >= 0.6 is 12.4 Å². The third-order valence-electron chi connectivity index (χ3n) is 3.75. The molecule has 118 valence electrons. The second kappa shape index (κ2) is 9.77. The topological polar surface area (TPSA) is 47.6 Å². The molecule has 1 N–H and O–H groups in total. The molecule has 21 heavy (non-hydrogen) atoms. The average Bonchev–Trinajstić information content (AvgIpc) is 2.52. The minimum Gasteiger partial charge on any atom is -0.465 e. The Morgan fingerprint density at radius 1 is 1.38 bits per heavy atom. The van der Waals surface area contributed by atoms with E-state index in [1.165, 1.54) is 20.0 Å². The lowest BCUT2D eigenvalue weighted by atomic mass is 9.97. The van der Waals surface area contributed by atoms with Crippen LogP contribution in [0.1, 0.15) is 35.2 Å². The Morgan fingerprint density at radius 3 is 2.90 bits per heavy atom. The van der Waals surface area contributed by atoms with Crippen molar-refractivity contribution in [2.45, 2.75) is 25.9 Å². The molecule has 1 heterocycles. The SMILES string of the molecule is COC(=O)c1ccccc1COCCC1CCCNC1.Cl. The summed E-state index contributed by atoms with van der Waals surface area (Å²) in [6.07, 6.45) is 3.62. The number of esters is 1. The standard InChI is InChI=1S/C16H23NO3.ClH/c1-19-16(18)15-7-3-2-6-14(15)12-20-10-8-13-5-4-9-17-11-13;/h2-3,6-7,13,17H,4-5,8-12H2,1H3;1H. The monoisotopic (exact) mass is 313 g/mol. The van der Waals surface area contributed by atoms with Gasteiger partial charge in [-0.05, 0) is 49.9 Å². The summed E-state index contributed by atoms with van der Waals surface area (Å²) in [6.45, 7) is 3.44. The number of carbonyl (C=O) groups is 1. The van der Waals surface area contributed by atoms with Gasteiger partial charge in [0, 0.05) is 6.61 Å². The average molecular weight is 314 g/mol. The van der Waals surface area contributed by atoms with E-state index < -0.39 is 0 Å². The number of carbonyl (C=O) groups excluding carboxylic acids is 1. The Bertz CT molecular complexity index is 433. The molecule has 1 unspecified atom stereocenters. The number of piperidine rings is 1. The molecule has 1 saturated heterocycles. The molecule has 0 amide bonds. The number of halogens is 1. The van der Waals surface area contributed by atoms with Crippen molar-refractivity contribution in [1.82, 2.24) is 5.32 Å². The fourth-order valence-electron chi connectivity index (χ4n) is 2.56. The van der Waals surface area contributed by atoms with Crippen molar-refractivity contribution < 1.29 is 14.3 Å². The molecular formula is C16H24ClNO3. The Balaban J connectivity index is 0.00000220. The van der Waals surface area contributed by atoms with Gasteiger partial charge in [-0.3, -0.25) is 0 Å². The minimum atomic E-state index is -0.305. The van der Waals surface area contributed by atoms with Crippen LogP contribution in [0.4, 0.5) is 0 Å². The Morgan fingerprint density at radius 2 is 2.19 bits per heavy atom. The largest absolute Gasteiger partial charge is 0.465 e. The highest BCUT2D eigenvalue weighted by Crippen LogP contribution is 2.15. The second-order valence-corrected chi connectivity index (χ2v) is 5.20. The predicted octanol–water partition coefficient (Wildman–Crippen LogP) is 2.80. The van der Waals surface area contributed by atoms with Gasteiger partial charge in [-0.1, -0.05) is 18.2 Å². The molecule has 0 bridgehead atoms. The fraction of sp³-hybridized carbons (Fsp3) is 0.562. The molecule has 0 radical (unpaired) electrons. The molecule has 1 fully saturated rings. The highest BCUT2D eigenvalue weighted by Gasteiger charge is 2.13. The van der Waals surface area contributed by atoms with Gasteiger partial charge in [-0.2, -0.15) is 0 Å². The molecule has 5 heteroatoms.